The molecule has 1 aromatic heterocycles. The lowest BCUT2D eigenvalue weighted by atomic mass is 9.99. The van der Waals surface area contributed by atoms with Crippen LogP contribution in [0.1, 0.15) is 50.3 Å². The third-order valence-corrected chi connectivity index (χ3v) is 3.75. The molecular formula is C13H24N4O. The maximum Gasteiger partial charge on any atom is 0.274 e. The molecule has 0 unspecified atom stereocenters. The number of amides is 1. The summed E-state index contributed by atoms with van der Waals surface area (Å²) >= 11 is 0. The second-order valence-corrected chi connectivity index (χ2v) is 5.19. The smallest absolute Gasteiger partial charge is 0.274 e. The molecule has 0 aliphatic carbocycles. The zero-order valence-electron chi connectivity index (χ0n) is 12.2. The highest BCUT2D eigenvalue weighted by Gasteiger charge is 2.30. The zero-order valence-corrected chi connectivity index (χ0v) is 12.2. The standard InChI is InChI=1S/C13H24N4O/c1-7-13(4,5)16(6)12(18)11-10(14)9(3)15-17(11)8-2/h7-8,14H2,1-6H3. The van der Waals surface area contributed by atoms with E-state index in [1.165, 1.54) is 0 Å². The number of aryl methyl sites for hydroxylation is 2. The molecule has 0 atom stereocenters. The van der Waals surface area contributed by atoms with Crippen LogP contribution < -0.4 is 5.73 Å². The van der Waals surface area contributed by atoms with Gasteiger partial charge >= 0.3 is 0 Å². The lowest BCUT2D eigenvalue weighted by Crippen LogP contribution is -2.45. The summed E-state index contributed by atoms with van der Waals surface area (Å²) in [5.74, 6) is -0.0678. The topological polar surface area (TPSA) is 64.2 Å². The quantitative estimate of drug-likeness (QED) is 0.892. The van der Waals surface area contributed by atoms with Crippen LogP contribution in [0.4, 0.5) is 5.69 Å². The third kappa shape index (κ3) is 2.35. The van der Waals surface area contributed by atoms with Gasteiger partial charge in [-0.15, -0.1) is 0 Å². The molecule has 0 aliphatic heterocycles. The number of nitrogen functional groups attached to an aromatic ring is 1. The first-order valence-corrected chi connectivity index (χ1v) is 6.37. The highest BCUT2D eigenvalue weighted by Crippen LogP contribution is 2.23. The van der Waals surface area contributed by atoms with E-state index in [2.05, 4.69) is 12.0 Å². The van der Waals surface area contributed by atoms with Crippen LogP contribution in [0.3, 0.4) is 0 Å². The highest BCUT2D eigenvalue weighted by atomic mass is 16.2. The number of anilines is 1. The Morgan fingerprint density at radius 3 is 2.44 bits per heavy atom. The molecule has 0 spiro atoms. The van der Waals surface area contributed by atoms with Crippen molar-refractivity contribution in [1.29, 1.82) is 0 Å². The van der Waals surface area contributed by atoms with Crippen LogP contribution in [0.25, 0.3) is 0 Å². The van der Waals surface area contributed by atoms with Crippen molar-refractivity contribution >= 4 is 11.6 Å². The van der Waals surface area contributed by atoms with E-state index >= 15 is 0 Å². The van der Waals surface area contributed by atoms with Gasteiger partial charge in [-0.3, -0.25) is 9.48 Å². The van der Waals surface area contributed by atoms with Crippen LogP contribution in [-0.2, 0) is 6.54 Å². The van der Waals surface area contributed by atoms with Gasteiger partial charge in [0.05, 0.1) is 11.4 Å². The van der Waals surface area contributed by atoms with E-state index in [9.17, 15) is 4.79 Å². The minimum atomic E-state index is -0.194. The van der Waals surface area contributed by atoms with Crippen LogP contribution in [0.15, 0.2) is 0 Å². The number of carbonyl (C=O) groups is 1. The van der Waals surface area contributed by atoms with Gasteiger partial charge in [-0.1, -0.05) is 6.92 Å². The van der Waals surface area contributed by atoms with Gasteiger partial charge in [0, 0.05) is 19.1 Å². The first-order valence-electron chi connectivity index (χ1n) is 6.37. The average Bonchev–Trinajstić information content (AvgIpc) is 2.63. The fourth-order valence-electron chi connectivity index (χ4n) is 1.72. The SMILES string of the molecule is CCn1nc(C)c(N)c1C(=O)N(C)C(C)(C)CC. The van der Waals surface area contributed by atoms with Crippen molar-refractivity contribution in [1.82, 2.24) is 14.7 Å². The van der Waals surface area contributed by atoms with Crippen molar-refractivity contribution < 1.29 is 4.79 Å². The van der Waals surface area contributed by atoms with Gasteiger partial charge in [-0.25, -0.2) is 0 Å². The number of aromatic nitrogens is 2. The third-order valence-electron chi connectivity index (χ3n) is 3.75. The van der Waals surface area contributed by atoms with Crippen molar-refractivity contribution in [3.63, 3.8) is 0 Å². The molecule has 5 heteroatoms. The summed E-state index contributed by atoms with van der Waals surface area (Å²) in [5, 5.41) is 4.28. The van der Waals surface area contributed by atoms with Crippen molar-refractivity contribution in [3.8, 4) is 0 Å². The molecule has 18 heavy (non-hydrogen) atoms. The predicted molar refractivity (Wildman–Crippen MR) is 73.5 cm³/mol. The average molecular weight is 252 g/mol. The summed E-state index contributed by atoms with van der Waals surface area (Å²) in [5.41, 5.74) is 7.47. The van der Waals surface area contributed by atoms with Crippen LogP contribution in [0, 0.1) is 6.92 Å². The summed E-state index contributed by atoms with van der Waals surface area (Å²) in [4.78, 5) is 14.3. The van der Waals surface area contributed by atoms with E-state index in [4.69, 9.17) is 5.73 Å². The Bertz CT molecular complexity index is 448. The summed E-state index contributed by atoms with van der Waals surface area (Å²) < 4.78 is 1.68. The molecular weight excluding hydrogens is 228 g/mol. The second kappa shape index (κ2) is 5.00. The Morgan fingerprint density at radius 2 is 2.00 bits per heavy atom. The van der Waals surface area contributed by atoms with Gasteiger partial charge in [0.1, 0.15) is 5.69 Å². The van der Waals surface area contributed by atoms with Crippen LogP contribution in [0.2, 0.25) is 0 Å². The van der Waals surface area contributed by atoms with Gasteiger partial charge in [-0.2, -0.15) is 5.10 Å². The summed E-state index contributed by atoms with van der Waals surface area (Å²) in [6.07, 6.45) is 0.883. The number of hydrogen-bond donors (Lipinski definition) is 1. The number of nitrogens with two attached hydrogens (primary N) is 1. The first-order chi connectivity index (χ1) is 8.26. The Kier molecular flexibility index (Phi) is 4.04. The van der Waals surface area contributed by atoms with E-state index in [-0.39, 0.29) is 11.4 Å². The fourth-order valence-corrected chi connectivity index (χ4v) is 1.72. The molecule has 2 N–H and O–H groups in total. The lowest BCUT2D eigenvalue weighted by Gasteiger charge is -2.35. The van der Waals surface area contributed by atoms with E-state index in [1.54, 1.807) is 9.58 Å². The second-order valence-electron chi connectivity index (χ2n) is 5.19. The van der Waals surface area contributed by atoms with Crippen LogP contribution in [0.5, 0.6) is 0 Å². The Hall–Kier alpha value is -1.52. The molecule has 0 aromatic carbocycles. The molecule has 0 bridgehead atoms. The number of rotatable bonds is 4. The number of carbonyl (C=O) groups excluding carboxylic acids is 1. The zero-order chi connectivity index (χ0) is 14.1. The molecule has 0 aliphatic rings. The molecule has 0 fully saturated rings. The van der Waals surface area contributed by atoms with Gasteiger partial charge in [0.15, 0.2) is 0 Å². The molecule has 0 radical (unpaired) electrons. The summed E-state index contributed by atoms with van der Waals surface area (Å²) in [7, 11) is 1.81. The molecule has 5 nitrogen and oxygen atoms in total. The first kappa shape index (κ1) is 14.5. The molecule has 102 valence electrons. The van der Waals surface area contributed by atoms with Gasteiger partial charge in [0.2, 0.25) is 0 Å². The summed E-state index contributed by atoms with van der Waals surface area (Å²) in [6.45, 7) is 10.6. The van der Waals surface area contributed by atoms with Gasteiger partial charge in [-0.05, 0) is 34.1 Å². The Balaban J connectivity index is 3.19. The maximum absolute atomic E-state index is 12.5. The minimum absolute atomic E-state index is 0.0678. The summed E-state index contributed by atoms with van der Waals surface area (Å²) in [6, 6.07) is 0. The molecule has 1 amide bonds. The number of nitrogens with zero attached hydrogens (tertiary/aromatic N) is 3. The van der Waals surface area contributed by atoms with E-state index in [0.29, 0.717) is 23.6 Å². The normalized spacial score (nSPS) is 11.7. The largest absolute Gasteiger partial charge is 0.395 e. The molecule has 1 heterocycles. The Morgan fingerprint density at radius 1 is 1.44 bits per heavy atom. The van der Waals surface area contributed by atoms with Gasteiger partial charge in [0.25, 0.3) is 5.91 Å². The van der Waals surface area contributed by atoms with E-state index in [1.807, 2.05) is 34.7 Å². The van der Waals surface area contributed by atoms with E-state index in [0.717, 1.165) is 6.42 Å². The monoisotopic (exact) mass is 252 g/mol. The van der Waals surface area contributed by atoms with Crippen molar-refractivity contribution in [2.24, 2.45) is 0 Å². The van der Waals surface area contributed by atoms with Crippen LogP contribution in [-0.4, -0.2) is 33.2 Å². The number of hydrogen-bond acceptors (Lipinski definition) is 3. The molecule has 0 saturated heterocycles. The van der Waals surface area contributed by atoms with Crippen LogP contribution >= 0.6 is 0 Å². The minimum Gasteiger partial charge on any atom is -0.395 e. The fraction of sp³-hybridized carbons (Fsp3) is 0.692. The molecule has 1 aromatic rings. The molecule has 1 rings (SSSR count). The Labute approximate surface area is 109 Å². The predicted octanol–water partition coefficient (Wildman–Crippen LogP) is 2.05. The van der Waals surface area contributed by atoms with Crippen molar-refractivity contribution in [2.75, 3.05) is 12.8 Å². The molecule has 0 saturated carbocycles. The van der Waals surface area contributed by atoms with Crippen molar-refractivity contribution in [3.05, 3.63) is 11.4 Å². The highest BCUT2D eigenvalue weighted by molar-refractivity contribution is 5.98. The maximum atomic E-state index is 12.5. The van der Waals surface area contributed by atoms with Gasteiger partial charge < -0.3 is 10.6 Å². The lowest BCUT2D eigenvalue weighted by molar-refractivity contribution is 0.0608. The van der Waals surface area contributed by atoms with E-state index < -0.39 is 0 Å². The van der Waals surface area contributed by atoms with Crippen molar-refractivity contribution in [2.45, 2.75) is 53.1 Å².